The maximum Gasteiger partial charge on any atom is 0.241 e. The van der Waals surface area contributed by atoms with Crippen LogP contribution in [0.4, 0.5) is 5.82 Å². The summed E-state index contributed by atoms with van der Waals surface area (Å²) in [7, 11) is -3.79. The lowest BCUT2D eigenvalue weighted by atomic mass is 10.4. The molecule has 0 atom stereocenters. The molecule has 3 aromatic rings. The van der Waals surface area contributed by atoms with Crippen molar-refractivity contribution >= 4 is 26.7 Å². The van der Waals surface area contributed by atoms with E-state index in [2.05, 4.69) is 15.0 Å². The highest BCUT2D eigenvalue weighted by Crippen LogP contribution is 2.35. The van der Waals surface area contributed by atoms with Gasteiger partial charge in [-0.15, -0.1) is 0 Å². The predicted molar refractivity (Wildman–Crippen MR) is 88.4 cm³/mol. The summed E-state index contributed by atoms with van der Waals surface area (Å²) < 4.78 is 31.5. The molecule has 0 saturated heterocycles. The molecule has 8 heteroatoms. The van der Waals surface area contributed by atoms with Gasteiger partial charge in [-0.2, -0.15) is 4.98 Å². The lowest BCUT2D eigenvalue weighted by Gasteiger charge is -2.05. The van der Waals surface area contributed by atoms with Gasteiger partial charge in [-0.3, -0.25) is 0 Å². The number of nitrogen functional groups attached to an aromatic ring is 1. The Hall–Kier alpha value is -2.61. The first kappa shape index (κ1) is 14.9. The summed E-state index contributed by atoms with van der Waals surface area (Å²) >= 11 is 0. The molecule has 124 valence electrons. The van der Waals surface area contributed by atoms with E-state index in [9.17, 15) is 8.42 Å². The molecule has 0 spiro atoms. The van der Waals surface area contributed by atoms with Gasteiger partial charge in [0.05, 0.1) is 11.5 Å². The molecule has 0 aliphatic heterocycles. The summed E-state index contributed by atoms with van der Waals surface area (Å²) in [6, 6.07) is 8.14. The number of nitrogens with two attached hydrogens (primary N) is 1. The molecule has 2 aromatic heterocycles. The van der Waals surface area contributed by atoms with Crippen LogP contribution in [-0.4, -0.2) is 30.0 Å². The topological polar surface area (TPSA) is 111 Å². The molecule has 1 aromatic carbocycles. The Morgan fingerprint density at radius 1 is 1.21 bits per heavy atom. The van der Waals surface area contributed by atoms with Gasteiger partial charge < -0.3 is 15.5 Å². The molecule has 0 bridgehead atoms. The molecule has 2 heterocycles. The van der Waals surface area contributed by atoms with Crippen molar-refractivity contribution in [2.75, 3.05) is 12.3 Å². The Bertz CT molecular complexity index is 995. The first-order valence-corrected chi connectivity index (χ1v) is 9.11. The SMILES string of the molecule is Nc1[nH]c2c(OCC3CC3)ncnc2c1S(=O)(=O)c1ccccc1. The number of aromatic amines is 1. The van der Waals surface area contributed by atoms with E-state index in [0.717, 1.165) is 12.8 Å². The van der Waals surface area contributed by atoms with Gasteiger partial charge in [0.25, 0.3) is 0 Å². The minimum absolute atomic E-state index is 0.0330. The molecule has 1 aliphatic carbocycles. The van der Waals surface area contributed by atoms with Gasteiger partial charge >= 0.3 is 0 Å². The van der Waals surface area contributed by atoms with E-state index in [1.54, 1.807) is 18.2 Å². The predicted octanol–water partition coefficient (Wildman–Crippen LogP) is 2.16. The number of aromatic nitrogens is 3. The van der Waals surface area contributed by atoms with E-state index >= 15 is 0 Å². The van der Waals surface area contributed by atoms with Crippen LogP contribution in [0.5, 0.6) is 5.88 Å². The molecule has 0 unspecified atom stereocenters. The van der Waals surface area contributed by atoms with Crippen LogP contribution in [0.2, 0.25) is 0 Å². The van der Waals surface area contributed by atoms with Crippen LogP contribution in [0.1, 0.15) is 12.8 Å². The Kier molecular flexibility index (Phi) is 3.42. The van der Waals surface area contributed by atoms with Crippen LogP contribution >= 0.6 is 0 Å². The second-order valence-electron chi connectivity index (χ2n) is 5.84. The normalized spacial score (nSPS) is 14.8. The van der Waals surface area contributed by atoms with Gasteiger partial charge in [0.1, 0.15) is 28.1 Å². The number of anilines is 1. The molecule has 1 aliphatic rings. The molecular weight excluding hydrogens is 328 g/mol. The number of nitrogens with one attached hydrogen (secondary N) is 1. The second kappa shape index (κ2) is 5.48. The highest BCUT2D eigenvalue weighted by atomic mass is 32.2. The number of hydrogen-bond acceptors (Lipinski definition) is 6. The van der Waals surface area contributed by atoms with E-state index in [1.807, 2.05) is 0 Å². The van der Waals surface area contributed by atoms with Crippen molar-refractivity contribution in [2.45, 2.75) is 22.6 Å². The monoisotopic (exact) mass is 344 g/mol. The summed E-state index contributed by atoms with van der Waals surface area (Å²) in [6.07, 6.45) is 3.59. The number of fused-ring (bicyclic) bond motifs is 1. The van der Waals surface area contributed by atoms with E-state index in [0.29, 0.717) is 23.9 Å². The number of sulfone groups is 1. The van der Waals surface area contributed by atoms with Gasteiger partial charge in [-0.1, -0.05) is 18.2 Å². The minimum Gasteiger partial charge on any atom is -0.476 e. The van der Waals surface area contributed by atoms with Crippen LogP contribution in [0, 0.1) is 5.92 Å². The Morgan fingerprint density at radius 3 is 2.67 bits per heavy atom. The molecule has 24 heavy (non-hydrogen) atoms. The second-order valence-corrected chi connectivity index (χ2v) is 7.73. The van der Waals surface area contributed by atoms with Crippen molar-refractivity contribution in [3.63, 3.8) is 0 Å². The molecular formula is C16H16N4O3S. The molecule has 4 rings (SSSR count). The Labute approximate surface area is 138 Å². The Morgan fingerprint density at radius 2 is 1.96 bits per heavy atom. The first-order valence-electron chi connectivity index (χ1n) is 7.62. The van der Waals surface area contributed by atoms with Gasteiger partial charge in [-0.25, -0.2) is 13.4 Å². The molecule has 3 N–H and O–H groups in total. The van der Waals surface area contributed by atoms with Crippen LogP contribution < -0.4 is 10.5 Å². The summed E-state index contributed by atoms with van der Waals surface area (Å²) in [5.74, 6) is 0.911. The summed E-state index contributed by atoms with van der Waals surface area (Å²) in [6.45, 7) is 0.561. The zero-order valence-electron chi connectivity index (χ0n) is 12.8. The minimum atomic E-state index is -3.79. The summed E-state index contributed by atoms with van der Waals surface area (Å²) in [5.41, 5.74) is 6.61. The third-order valence-electron chi connectivity index (χ3n) is 4.01. The zero-order chi connectivity index (χ0) is 16.7. The van der Waals surface area contributed by atoms with Crippen molar-refractivity contribution in [2.24, 2.45) is 5.92 Å². The number of rotatable bonds is 5. The first-order chi connectivity index (χ1) is 11.6. The standard InChI is InChI=1S/C16H16N4O3S/c17-15-14(24(21,22)11-4-2-1-3-5-11)12-13(20-15)16(19-9-18-12)23-8-10-6-7-10/h1-5,9-10,20H,6-8,17H2. The zero-order valence-corrected chi connectivity index (χ0v) is 13.6. The van der Waals surface area contributed by atoms with Crippen molar-refractivity contribution in [1.82, 2.24) is 15.0 Å². The highest BCUT2D eigenvalue weighted by Gasteiger charge is 2.28. The van der Waals surface area contributed by atoms with Crippen molar-refractivity contribution in [1.29, 1.82) is 0 Å². The van der Waals surface area contributed by atoms with Crippen LogP contribution in [-0.2, 0) is 9.84 Å². The average molecular weight is 344 g/mol. The maximum atomic E-state index is 12.9. The summed E-state index contributed by atoms with van der Waals surface area (Å²) in [4.78, 5) is 11.2. The average Bonchev–Trinajstić information content (AvgIpc) is 3.34. The molecule has 7 nitrogen and oxygen atoms in total. The number of benzene rings is 1. The maximum absolute atomic E-state index is 12.9. The van der Waals surface area contributed by atoms with E-state index in [1.165, 1.54) is 18.5 Å². The molecule has 1 saturated carbocycles. The van der Waals surface area contributed by atoms with Gasteiger partial charge in [0.2, 0.25) is 15.7 Å². The van der Waals surface area contributed by atoms with Crippen LogP contribution in [0.3, 0.4) is 0 Å². The van der Waals surface area contributed by atoms with Gasteiger partial charge in [-0.05, 0) is 30.9 Å². The number of ether oxygens (including phenoxy) is 1. The Balaban J connectivity index is 1.84. The molecule has 0 radical (unpaired) electrons. The molecule has 0 amide bonds. The fourth-order valence-corrected chi connectivity index (χ4v) is 4.05. The lowest BCUT2D eigenvalue weighted by Crippen LogP contribution is -2.05. The van der Waals surface area contributed by atoms with Gasteiger partial charge in [0, 0.05) is 0 Å². The third kappa shape index (κ3) is 2.48. The largest absolute Gasteiger partial charge is 0.476 e. The van der Waals surface area contributed by atoms with E-state index in [-0.39, 0.29) is 21.1 Å². The fourth-order valence-electron chi connectivity index (χ4n) is 2.55. The van der Waals surface area contributed by atoms with Gasteiger partial charge in [0.15, 0.2) is 0 Å². The number of H-pyrrole nitrogens is 1. The smallest absolute Gasteiger partial charge is 0.241 e. The van der Waals surface area contributed by atoms with Crippen molar-refractivity contribution in [3.05, 3.63) is 36.7 Å². The highest BCUT2D eigenvalue weighted by molar-refractivity contribution is 7.92. The van der Waals surface area contributed by atoms with E-state index < -0.39 is 9.84 Å². The van der Waals surface area contributed by atoms with Crippen LogP contribution in [0.15, 0.2) is 46.5 Å². The third-order valence-corrected chi connectivity index (χ3v) is 5.85. The number of hydrogen-bond donors (Lipinski definition) is 2. The fraction of sp³-hybridized carbons (Fsp3) is 0.250. The van der Waals surface area contributed by atoms with Crippen molar-refractivity contribution < 1.29 is 13.2 Å². The quantitative estimate of drug-likeness (QED) is 0.734. The lowest BCUT2D eigenvalue weighted by molar-refractivity contribution is 0.291. The number of nitrogens with zero attached hydrogens (tertiary/aromatic N) is 2. The molecule has 1 fully saturated rings. The summed E-state index contributed by atoms with van der Waals surface area (Å²) in [5, 5.41) is 0. The van der Waals surface area contributed by atoms with Crippen molar-refractivity contribution in [3.8, 4) is 5.88 Å². The van der Waals surface area contributed by atoms with E-state index in [4.69, 9.17) is 10.5 Å². The van der Waals surface area contributed by atoms with Crippen LogP contribution in [0.25, 0.3) is 11.0 Å².